The number of carbonyl (C=O) groups excluding carboxylic acids is 1. The van der Waals surface area contributed by atoms with Gasteiger partial charge in [-0.15, -0.1) is 0 Å². The molecule has 3 aromatic rings. The fourth-order valence-electron chi connectivity index (χ4n) is 2.59. The number of aryl methyl sites for hydroxylation is 2. The van der Waals surface area contributed by atoms with Crippen molar-refractivity contribution in [3.63, 3.8) is 0 Å². The van der Waals surface area contributed by atoms with Gasteiger partial charge in [-0.25, -0.2) is 13.4 Å². The van der Waals surface area contributed by atoms with Crippen molar-refractivity contribution in [2.45, 2.75) is 25.2 Å². The maximum absolute atomic E-state index is 12.3. The molecule has 5 nitrogen and oxygen atoms in total. The molecule has 1 N–H and O–H groups in total. The first-order chi connectivity index (χ1) is 12.2. The van der Waals surface area contributed by atoms with Gasteiger partial charge in [0.15, 0.2) is 15.0 Å². The van der Waals surface area contributed by atoms with Gasteiger partial charge in [0, 0.05) is 11.4 Å². The van der Waals surface area contributed by atoms with Crippen molar-refractivity contribution in [3.05, 3.63) is 52.5 Å². The molecule has 0 fully saturated rings. The molecule has 0 aliphatic heterocycles. The first-order valence-corrected chi connectivity index (χ1v) is 10.8. The Balaban J connectivity index is 1.67. The second-order valence-electron chi connectivity index (χ2n) is 6.02. The molecule has 3 rings (SSSR count). The molecule has 1 amide bonds. The Morgan fingerprint density at radius 3 is 2.58 bits per heavy atom. The summed E-state index contributed by atoms with van der Waals surface area (Å²) in [6, 6.07) is 9.95. The summed E-state index contributed by atoms with van der Waals surface area (Å²) in [4.78, 5) is 16.7. The minimum atomic E-state index is -3.54. The lowest BCUT2D eigenvalue weighted by atomic mass is 10.1. The molecule has 1 heterocycles. The van der Waals surface area contributed by atoms with E-state index in [1.165, 1.54) is 35.6 Å². The summed E-state index contributed by atoms with van der Waals surface area (Å²) < 4.78 is 25.6. The fourth-order valence-corrected chi connectivity index (χ4v) is 5.02. The van der Waals surface area contributed by atoms with E-state index in [0.29, 0.717) is 10.2 Å². The summed E-state index contributed by atoms with van der Waals surface area (Å²) in [6.45, 7) is 3.98. The SMILES string of the molecule is Cc1cc(C)c2nc(NC(=O)CCS(=O)(=O)c3ccc(Cl)cc3)sc2c1. The highest BCUT2D eigenvalue weighted by molar-refractivity contribution is 7.91. The molecule has 0 spiro atoms. The number of halogens is 1. The number of aromatic nitrogens is 1. The third kappa shape index (κ3) is 4.23. The number of sulfone groups is 1. The fraction of sp³-hybridized carbons (Fsp3) is 0.222. The first-order valence-electron chi connectivity index (χ1n) is 7.90. The molecule has 136 valence electrons. The summed E-state index contributed by atoms with van der Waals surface area (Å²) >= 11 is 7.15. The van der Waals surface area contributed by atoms with Crippen molar-refractivity contribution >= 4 is 54.0 Å². The zero-order valence-electron chi connectivity index (χ0n) is 14.2. The summed E-state index contributed by atoms with van der Waals surface area (Å²) in [7, 11) is -3.54. The van der Waals surface area contributed by atoms with Crippen LogP contribution in [0, 0.1) is 13.8 Å². The summed E-state index contributed by atoms with van der Waals surface area (Å²) in [6.07, 6.45) is -0.140. The van der Waals surface area contributed by atoms with Crippen LogP contribution >= 0.6 is 22.9 Å². The highest BCUT2D eigenvalue weighted by atomic mass is 35.5. The number of thiazole rings is 1. The molecule has 26 heavy (non-hydrogen) atoms. The minimum absolute atomic E-state index is 0.140. The summed E-state index contributed by atoms with van der Waals surface area (Å²) in [5, 5.41) is 3.63. The molecule has 0 bridgehead atoms. The van der Waals surface area contributed by atoms with E-state index in [-0.39, 0.29) is 23.0 Å². The van der Waals surface area contributed by atoms with Crippen molar-refractivity contribution in [2.24, 2.45) is 0 Å². The molecular weight excluding hydrogens is 392 g/mol. The first kappa shape index (κ1) is 18.8. The zero-order valence-corrected chi connectivity index (χ0v) is 16.6. The maximum atomic E-state index is 12.3. The van der Waals surface area contributed by atoms with Crippen molar-refractivity contribution in [3.8, 4) is 0 Å². The van der Waals surface area contributed by atoms with Gasteiger partial charge in [0.1, 0.15) is 0 Å². The van der Waals surface area contributed by atoms with E-state index >= 15 is 0 Å². The third-order valence-corrected chi connectivity index (χ3v) is 6.75. The largest absolute Gasteiger partial charge is 0.302 e. The molecule has 0 saturated heterocycles. The number of hydrogen-bond donors (Lipinski definition) is 1. The predicted octanol–water partition coefficient (Wildman–Crippen LogP) is 4.37. The molecule has 0 aliphatic carbocycles. The van der Waals surface area contributed by atoms with E-state index in [1.807, 2.05) is 26.0 Å². The van der Waals surface area contributed by atoms with Gasteiger partial charge in [-0.2, -0.15) is 0 Å². The molecule has 0 radical (unpaired) electrons. The van der Waals surface area contributed by atoms with Crippen LogP contribution in [0.2, 0.25) is 5.02 Å². The van der Waals surface area contributed by atoms with Crippen molar-refractivity contribution in [1.82, 2.24) is 4.98 Å². The van der Waals surface area contributed by atoms with Crippen LogP contribution in [0.15, 0.2) is 41.3 Å². The average Bonchev–Trinajstić information content (AvgIpc) is 2.96. The maximum Gasteiger partial charge on any atom is 0.227 e. The van der Waals surface area contributed by atoms with Crippen LogP contribution in [0.25, 0.3) is 10.2 Å². The highest BCUT2D eigenvalue weighted by Gasteiger charge is 2.17. The Hall–Kier alpha value is -1.96. The van der Waals surface area contributed by atoms with Gasteiger partial charge in [0.2, 0.25) is 5.91 Å². The third-order valence-electron chi connectivity index (χ3n) is 3.85. The Morgan fingerprint density at radius 1 is 1.19 bits per heavy atom. The molecule has 0 saturated carbocycles. The Morgan fingerprint density at radius 2 is 1.88 bits per heavy atom. The van der Waals surface area contributed by atoms with E-state index in [1.54, 1.807) is 0 Å². The lowest BCUT2D eigenvalue weighted by Gasteiger charge is -2.04. The van der Waals surface area contributed by atoms with E-state index in [4.69, 9.17) is 11.6 Å². The van der Waals surface area contributed by atoms with E-state index in [0.717, 1.165) is 21.3 Å². The van der Waals surface area contributed by atoms with Crippen LogP contribution in [-0.2, 0) is 14.6 Å². The number of carbonyl (C=O) groups is 1. The summed E-state index contributed by atoms with van der Waals surface area (Å²) in [5.74, 6) is -0.653. The van der Waals surface area contributed by atoms with Crippen molar-refractivity contribution < 1.29 is 13.2 Å². The lowest BCUT2D eigenvalue weighted by Crippen LogP contribution is -2.17. The number of fused-ring (bicyclic) bond motifs is 1. The van der Waals surface area contributed by atoms with Crippen LogP contribution in [0.4, 0.5) is 5.13 Å². The normalized spacial score (nSPS) is 11.7. The molecule has 0 atom stereocenters. The topological polar surface area (TPSA) is 76.1 Å². The van der Waals surface area contributed by atoms with Crippen LogP contribution in [-0.4, -0.2) is 25.1 Å². The Kier molecular flexibility index (Phi) is 5.32. The Labute approximate surface area is 160 Å². The van der Waals surface area contributed by atoms with Gasteiger partial charge < -0.3 is 5.32 Å². The number of amides is 1. The standard InChI is InChI=1S/C18H17ClN2O3S2/c1-11-9-12(2)17-15(10-11)25-18(21-17)20-16(22)7-8-26(23,24)14-5-3-13(19)4-6-14/h3-6,9-10H,7-8H2,1-2H3,(H,20,21,22). The van der Waals surface area contributed by atoms with E-state index in [2.05, 4.69) is 10.3 Å². The van der Waals surface area contributed by atoms with Gasteiger partial charge in [0.25, 0.3) is 0 Å². The van der Waals surface area contributed by atoms with Gasteiger partial charge in [-0.3, -0.25) is 4.79 Å². The number of anilines is 1. The number of rotatable bonds is 5. The monoisotopic (exact) mass is 408 g/mol. The molecule has 0 aliphatic rings. The highest BCUT2D eigenvalue weighted by Crippen LogP contribution is 2.29. The second-order valence-corrected chi connectivity index (χ2v) is 9.59. The second kappa shape index (κ2) is 7.34. The molecule has 2 aromatic carbocycles. The quantitative estimate of drug-likeness (QED) is 0.680. The zero-order chi connectivity index (χ0) is 18.9. The van der Waals surface area contributed by atoms with Gasteiger partial charge in [-0.1, -0.05) is 29.0 Å². The molecular formula is C18H17ClN2O3S2. The molecule has 8 heteroatoms. The number of benzene rings is 2. The number of hydrogen-bond acceptors (Lipinski definition) is 5. The summed E-state index contributed by atoms with van der Waals surface area (Å²) in [5.41, 5.74) is 3.03. The van der Waals surface area contributed by atoms with Gasteiger partial charge >= 0.3 is 0 Å². The molecule has 1 aromatic heterocycles. The average molecular weight is 409 g/mol. The number of nitrogens with zero attached hydrogens (tertiary/aromatic N) is 1. The van der Waals surface area contributed by atoms with Crippen LogP contribution in [0.5, 0.6) is 0 Å². The molecule has 0 unspecified atom stereocenters. The van der Waals surface area contributed by atoms with E-state index in [9.17, 15) is 13.2 Å². The van der Waals surface area contributed by atoms with Crippen LogP contribution < -0.4 is 5.32 Å². The van der Waals surface area contributed by atoms with Gasteiger partial charge in [-0.05, 0) is 55.3 Å². The predicted molar refractivity (Wildman–Crippen MR) is 106 cm³/mol. The van der Waals surface area contributed by atoms with E-state index < -0.39 is 9.84 Å². The van der Waals surface area contributed by atoms with Crippen LogP contribution in [0.1, 0.15) is 17.5 Å². The van der Waals surface area contributed by atoms with Crippen molar-refractivity contribution in [2.75, 3.05) is 11.1 Å². The number of nitrogens with one attached hydrogen (secondary N) is 1. The van der Waals surface area contributed by atoms with Gasteiger partial charge in [0.05, 0.1) is 20.9 Å². The smallest absolute Gasteiger partial charge is 0.227 e. The minimum Gasteiger partial charge on any atom is -0.302 e. The van der Waals surface area contributed by atoms with Crippen molar-refractivity contribution in [1.29, 1.82) is 0 Å². The Bertz CT molecular complexity index is 1070. The van der Waals surface area contributed by atoms with Crippen LogP contribution in [0.3, 0.4) is 0 Å². The lowest BCUT2D eigenvalue weighted by molar-refractivity contribution is -0.115.